The van der Waals surface area contributed by atoms with Crippen molar-refractivity contribution >= 4 is 22.5 Å². The van der Waals surface area contributed by atoms with Crippen LogP contribution in [0.5, 0.6) is 0 Å². The van der Waals surface area contributed by atoms with Crippen LogP contribution in [0.2, 0.25) is 0 Å². The van der Waals surface area contributed by atoms with E-state index >= 15 is 0 Å². The maximum atomic E-state index is 4.78. The van der Waals surface area contributed by atoms with Crippen LogP contribution in [0.15, 0.2) is 36.8 Å². The minimum Gasteiger partial charge on any atom is -0.361 e. The van der Waals surface area contributed by atoms with Crippen LogP contribution in [0.1, 0.15) is 16.8 Å². The van der Waals surface area contributed by atoms with E-state index in [0.29, 0.717) is 6.54 Å². The highest BCUT2D eigenvalue weighted by molar-refractivity contribution is 5.84. The second kappa shape index (κ2) is 5.08. The zero-order chi connectivity index (χ0) is 16.0. The molecule has 116 valence electrons. The Morgan fingerprint density at radius 2 is 1.96 bits per heavy atom. The molecule has 0 fully saturated rings. The molecule has 0 aliphatic carbocycles. The molecule has 3 aromatic heterocycles. The highest BCUT2D eigenvalue weighted by atomic mass is 15.3. The first kappa shape index (κ1) is 13.8. The summed E-state index contributed by atoms with van der Waals surface area (Å²) in [4.78, 5) is 9.24. The van der Waals surface area contributed by atoms with Gasteiger partial charge in [-0.05, 0) is 43.2 Å². The van der Waals surface area contributed by atoms with Gasteiger partial charge in [0.05, 0.1) is 23.3 Å². The maximum absolute atomic E-state index is 4.78. The van der Waals surface area contributed by atoms with Crippen LogP contribution < -0.4 is 5.32 Å². The Bertz CT molecular complexity index is 1010. The van der Waals surface area contributed by atoms with Gasteiger partial charge in [-0.15, -0.1) is 0 Å². The van der Waals surface area contributed by atoms with Crippen LogP contribution in [0.25, 0.3) is 16.7 Å². The first-order chi connectivity index (χ1) is 11.1. The average Bonchev–Trinajstić information content (AvgIpc) is 3.16. The van der Waals surface area contributed by atoms with Gasteiger partial charge in [0.2, 0.25) is 0 Å². The summed E-state index contributed by atoms with van der Waals surface area (Å²) in [5.74, 6) is 0.784. The van der Waals surface area contributed by atoms with E-state index in [2.05, 4.69) is 45.8 Å². The second-order valence-electron chi connectivity index (χ2n) is 5.81. The summed E-state index contributed by atoms with van der Waals surface area (Å²) in [6.07, 6.45) is 5.58. The first-order valence-corrected chi connectivity index (χ1v) is 7.58. The van der Waals surface area contributed by atoms with Gasteiger partial charge in [0, 0.05) is 25.6 Å². The van der Waals surface area contributed by atoms with E-state index in [9.17, 15) is 0 Å². The van der Waals surface area contributed by atoms with Crippen molar-refractivity contribution in [1.29, 1.82) is 0 Å². The van der Waals surface area contributed by atoms with Crippen LogP contribution in [-0.2, 0) is 13.6 Å². The van der Waals surface area contributed by atoms with E-state index < -0.39 is 0 Å². The first-order valence-electron chi connectivity index (χ1n) is 7.58. The van der Waals surface area contributed by atoms with Crippen molar-refractivity contribution < 1.29 is 0 Å². The molecular formula is C17H18N6. The van der Waals surface area contributed by atoms with E-state index in [0.717, 1.165) is 28.2 Å². The van der Waals surface area contributed by atoms with Crippen molar-refractivity contribution in [3.63, 3.8) is 0 Å². The molecule has 0 saturated carbocycles. The minimum atomic E-state index is 0.655. The van der Waals surface area contributed by atoms with Crippen molar-refractivity contribution in [2.24, 2.45) is 7.05 Å². The molecule has 6 heteroatoms. The van der Waals surface area contributed by atoms with Crippen LogP contribution in [0.3, 0.4) is 0 Å². The lowest BCUT2D eigenvalue weighted by Gasteiger charge is -2.11. The fraction of sp³-hybridized carbons (Fsp3) is 0.235. The van der Waals surface area contributed by atoms with E-state index in [1.807, 2.05) is 24.0 Å². The highest BCUT2D eigenvalue weighted by Gasteiger charge is 2.11. The Kier molecular flexibility index (Phi) is 3.04. The molecule has 1 N–H and O–H groups in total. The van der Waals surface area contributed by atoms with Gasteiger partial charge in [-0.1, -0.05) is 0 Å². The number of nitrogens with one attached hydrogen (secondary N) is 1. The quantitative estimate of drug-likeness (QED) is 0.632. The van der Waals surface area contributed by atoms with Crippen LogP contribution in [0.4, 0.5) is 5.82 Å². The predicted octanol–water partition coefficient (Wildman–Crippen LogP) is 2.84. The molecular weight excluding hydrogens is 288 g/mol. The number of anilines is 1. The highest BCUT2D eigenvalue weighted by Crippen LogP contribution is 2.23. The van der Waals surface area contributed by atoms with Crippen molar-refractivity contribution in [2.75, 3.05) is 5.32 Å². The van der Waals surface area contributed by atoms with Gasteiger partial charge in [-0.3, -0.25) is 9.08 Å². The van der Waals surface area contributed by atoms with Gasteiger partial charge in [0.1, 0.15) is 0 Å². The van der Waals surface area contributed by atoms with E-state index in [1.165, 1.54) is 11.1 Å². The SMILES string of the molecule is Cc1cc2nc(NCc3ccnn3C)c3nccn3c2cc1C. The Labute approximate surface area is 133 Å². The summed E-state index contributed by atoms with van der Waals surface area (Å²) in [5.41, 5.74) is 6.46. The molecule has 1 aromatic carbocycles. The van der Waals surface area contributed by atoms with E-state index in [1.54, 1.807) is 12.4 Å². The number of hydrogen-bond donors (Lipinski definition) is 1. The van der Waals surface area contributed by atoms with Crippen molar-refractivity contribution in [2.45, 2.75) is 20.4 Å². The van der Waals surface area contributed by atoms with E-state index in [4.69, 9.17) is 4.98 Å². The second-order valence-corrected chi connectivity index (χ2v) is 5.81. The molecule has 0 saturated heterocycles. The van der Waals surface area contributed by atoms with Crippen molar-refractivity contribution in [1.82, 2.24) is 24.1 Å². The van der Waals surface area contributed by atoms with Gasteiger partial charge in [-0.25, -0.2) is 9.97 Å². The number of aromatic nitrogens is 5. The third-order valence-electron chi connectivity index (χ3n) is 4.29. The number of imidazole rings is 1. The topological polar surface area (TPSA) is 60.0 Å². The van der Waals surface area contributed by atoms with Crippen molar-refractivity contribution in [3.05, 3.63) is 53.6 Å². The number of benzene rings is 1. The van der Waals surface area contributed by atoms with E-state index in [-0.39, 0.29) is 0 Å². The number of hydrogen-bond acceptors (Lipinski definition) is 4. The number of fused-ring (bicyclic) bond motifs is 3. The van der Waals surface area contributed by atoms with Crippen LogP contribution >= 0.6 is 0 Å². The lowest BCUT2D eigenvalue weighted by molar-refractivity contribution is 0.720. The molecule has 0 radical (unpaired) electrons. The summed E-state index contributed by atoms with van der Waals surface area (Å²) < 4.78 is 3.94. The van der Waals surface area contributed by atoms with Gasteiger partial charge in [0.15, 0.2) is 11.5 Å². The smallest absolute Gasteiger partial charge is 0.180 e. The summed E-state index contributed by atoms with van der Waals surface area (Å²) in [7, 11) is 1.93. The molecule has 0 aliphatic rings. The molecule has 6 nitrogen and oxygen atoms in total. The Morgan fingerprint density at radius 1 is 1.13 bits per heavy atom. The molecule has 0 unspecified atom stereocenters. The zero-order valence-corrected chi connectivity index (χ0v) is 13.4. The molecule has 4 aromatic rings. The monoisotopic (exact) mass is 306 g/mol. The number of aryl methyl sites for hydroxylation is 3. The maximum Gasteiger partial charge on any atom is 0.180 e. The predicted molar refractivity (Wildman–Crippen MR) is 90.5 cm³/mol. The summed E-state index contributed by atoms with van der Waals surface area (Å²) in [6, 6.07) is 6.28. The molecule has 4 rings (SSSR count). The average molecular weight is 306 g/mol. The lowest BCUT2D eigenvalue weighted by atomic mass is 10.1. The Balaban J connectivity index is 1.83. The van der Waals surface area contributed by atoms with Gasteiger partial charge in [0.25, 0.3) is 0 Å². The third-order valence-corrected chi connectivity index (χ3v) is 4.29. The van der Waals surface area contributed by atoms with Crippen molar-refractivity contribution in [3.8, 4) is 0 Å². The lowest BCUT2D eigenvalue weighted by Crippen LogP contribution is -2.08. The molecule has 0 spiro atoms. The number of nitrogens with zero attached hydrogens (tertiary/aromatic N) is 5. The number of rotatable bonds is 3. The largest absolute Gasteiger partial charge is 0.361 e. The summed E-state index contributed by atoms with van der Waals surface area (Å²) in [6.45, 7) is 4.88. The minimum absolute atomic E-state index is 0.655. The normalized spacial score (nSPS) is 11.4. The van der Waals surface area contributed by atoms with Gasteiger partial charge < -0.3 is 5.32 Å². The summed E-state index contributed by atoms with van der Waals surface area (Å²) in [5, 5.41) is 7.58. The molecule has 3 heterocycles. The zero-order valence-electron chi connectivity index (χ0n) is 13.4. The molecule has 23 heavy (non-hydrogen) atoms. The van der Waals surface area contributed by atoms with Crippen LogP contribution in [-0.4, -0.2) is 24.1 Å². The summed E-state index contributed by atoms with van der Waals surface area (Å²) >= 11 is 0. The van der Waals surface area contributed by atoms with Crippen LogP contribution in [0, 0.1) is 13.8 Å². The molecule has 0 aliphatic heterocycles. The molecule has 0 bridgehead atoms. The molecule has 0 amide bonds. The van der Waals surface area contributed by atoms with Gasteiger partial charge >= 0.3 is 0 Å². The Morgan fingerprint density at radius 3 is 2.74 bits per heavy atom. The Hall–Kier alpha value is -2.89. The fourth-order valence-corrected chi connectivity index (χ4v) is 2.78. The third kappa shape index (κ3) is 2.23. The van der Waals surface area contributed by atoms with Gasteiger partial charge in [-0.2, -0.15) is 5.10 Å². The standard InChI is InChI=1S/C17H18N6/c1-11-8-14-15(9-12(11)2)23-7-6-18-17(23)16(21-14)19-10-13-4-5-20-22(13)3/h4-9H,10H2,1-3H3,(H,19,21). The fourth-order valence-electron chi connectivity index (χ4n) is 2.78. The molecule has 0 atom stereocenters.